The highest BCUT2D eigenvalue weighted by atomic mass is 16.4. The van der Waals surface area contributed by atoms with E-state index in [2.05, 4.69) is 26.8 Å². The first-order valence-electron chi connectivity index (χ1n) is 13.4. The summed E-state index contributed by atoms with van der Waals surface area (Å²) >= 11 is 0. The van der Waals surface area contributed by atoms with Gasteiger partial charge in [-0.05, 0) is 85.4 Å². The molecule has 5 aliphatic rings. The number of rotatable bonds is 2. The van der Waals surface area contributed by atoms with Crippen LogP contribution in [0.1, 0.15) is 85.5 Å². The van der Waals surface area contributed by atoms with Crippen molar-refractivity contribution in [2.75, 3.05) is 6.61 Å². The number of fused-ring (bicyclic) bond motifs is 7. The molecule has 0 spiro atoms. The quantitative estimate of drug-likeness (QED) is 0.458. The molecule has 5 nitrogen and oxygen atoms in total. The van der Waals surface area contributed by atoms with Gasteiger partial charge in [-0.3, -0.25) is 4.79 Å². The number of carboxylic acid groups (broad SMARTS) is 1. The van der Waals surface area contributed by atoms with Gasteiger partial charge < -0.3 is 20.4 Å². The van der Waals surface area contributed by atoms with E-state index in [1.807, 2.05) is 6.92 Å². The van der Waals surface area contributed by atoms with Gasteiger partial charge in [-0.15, -0.1) is 0 Å². The largest absolute Gasteiger partial charge is 0.481 e. The summed E-state index contributed by atoms with van der Waals surface area (Å²) in [4.78, 5) is 12.6. The van der Waals surface area contributed by atoms with E-state index in [4.69, 9.17) is 0 Å². The zero-order chi connectivity index (χ0) is 24.0. The first-order valence-corrected chi connectivity index (χ1v) is 13.4. The highest BCUT2D eigenvalue weighted by molar-refractivity contribution is 5.76. The summed E-state index contributed by atoms with van der Waals surface area (Å²) in [6, 6.07) is 0. The molecule has 4 saturated carbocycles. The fourth-order valence-electron chi connectivity index (χ4n) is 10.6. The molecule has 0 heterocycles. The number of aliphatic carboxylic acids is 1. The number of hydrogen-bond acceptors (Lipinski definition) is 4. The van der Waals surface area contributed by atoms with Crippen LogP contribution in [-0.4, -0.2) is 45.2 Å². The van der Waals surface area contributed by atoms with Crippen molar-refractivity contribution in [3.8, 4) is 0 Å². The Bertz CT molecular complexity index is 853. The molecular weight excluding hydrogens is 416 g/mol. The molecular formula is C28H44O5. The van der Waals surface area contributed by atoms with E-state index in [0.717, 1.165) is 51.4 Å². The summed E-state index contributed by atoms with van der Waals surface area (Å²) in [5.74, 6) is 0.881. The molecule has 33 heavy (non-hydrogen) atoms. The summed E-state index contributed by atoms with van der Waals surface area (Å²) in [6.07, 6.45) is 8.83. The molecule has 186 valence electrons. The van der Waals surface area contributed by atoms with Crippen LogP contribution in [0.3, 0.4) is 0 Å². The molecule has 0 bridgehead atoms. The van der Waals surface area contributed by atoms with E-state index in [9.17, 15) is 25.2 Å². The molecule has 0 aromatic heterocycles. The van der Waals surface area contributed by atoms with E-state index in [-0.39, 0.29) is 29.3 Å². The third-order valence-corrected chi connectivity index (χ3v) is 12.1. The summed E-state index contributed by atoms with van der Waals surface area (Å²) < 4.78 is 0. The number of aliphatic hydroxyl groups excluding tert-OH is 3. The van der Waals surface area contributed by atoms with E-state index in [0.29, 0.717) is 24.2 Å². The molecule has 0 aromatic carbocycles. The Morgan fingerprint density at radius 3 is 2.42 bits per heavy atom. The van der Waals surface area contributed by atoms with Crippen LogP contribution in [0.15, 0.2) is 11.6 Å². The fourth-order valence-corrected chi connectivity index (χ4v) is 10.6. The third kappa shape index (κ3) is 2.91. The van der Waals surface area contributed by atoms with Crippen LogP contribution in [0.4, 0.5) is 0 Å². The Balaban J connectivity index is 1.57. The van der Waals surface area contributed by atoms with Crippen LogP contribution >= 0.6 is 0 Å². The topological polar surface area (TPSA) is 98.0 Å². The minimum atomic E-state index is -0.895. The molecule has 0 saturated heterocycles. The van der Waals surface area contributed by atoms with Crippen molar-refractivity contribution in [3.63, 3.8) is 0 Å². The predicted molar refractivity (Wildman–Crippen MR) is 126 cm³/mol. The maximum Gasteiger partial charge on any atom is 0.310 e. The van der Waals surface area contributed by atoms with Crippen molar-refractivity contribution in [1.29, 1.82) is 0 Å². The highest BCUT2D eigenvalue weighted by Gasteiger charge is 2.67. The van der Waals surface area contributed by atoms with Crippen molar-refractivity contribution < 1.29 is 25.2 Å². The van der Waals surface area contributed by atoms with Crippen LogP contribution in [0, 0.1) is 51.2 Å². The van der Waals surface area contributed by atoms with Crippen LogP contribution < -0.4 is 0 Å². The van der Waals surface area contributed by atoms with Gasteiger partial charge in [-0.1, -0.05) is 52.2 Å². The van der Waals surface area contributed by atoms with Gasteiger partial charge in [0.05, 0.1) is 24.2 Å². The smallest absolute Gasteiger partial charge is 0.310 e. The average molecular weight is 461 g/mol. The second kappa shape index (κ2) is 7.54. The molecule has 5 heteroatoms. The van der Waals surface area contributed by atoms with Crippen molar-refractivity contribution in [3.05, 3.63) is 11.6 Å². The summed E-state index contributed by atoms with van der Waals surface area (Å²) in [5, 5.41) is 42.5. The van der Waals surface area contributed by atoms with Crippen LogP contribution in [-0.2, 0) is 4.79 Å². The lowest BCUT2D eigenvalue weighted by Crippen LogP contribution is -2.66. The maximum absolute atomic E-state index is 12.6. The van der Waals surface area contributed by atoms with E-state index < -0.39 is 29.0 Å². The minimum absolute atomic E-state index is 0.0650. The van der Waals surface area contributed by atoms with E-state index in [1.165, 1.54) is 5.57 Å². The zero-order valence-corrected chi connectivity index (χ0v) is 20.9. The normalized spacial score (nSPS) is 56.0. The van der Waals surface area contributed by atoms with Crippen LogP contribution in [0.5, 0.6) is 0 Å². The average Bonchev–Trinajstić information content (AvgIpc) is 2.76. The molecule has 5 rings (SSSR count). The third-order valence-electron chi connectivity index (χ3n) is 12.1. The monoisotopic (exact) mass is 460 g/mol. The van der Waals surface area contributed by atoms with Gasteiger partial charge in [0, 0.05) is 5.41 Å². The highest BCUT2D eigenvalue weighted by Crippen LogP contribution is 2.71. The zero-order valence-electron chi connectivity index (χ0n) is 20.9. The molecule has 5 aliphatic carbocycles. The van der Waals surface area contributed by atoms with Gasteiger partial charge in [0.25, 0.3) is 0 Å². The van der Waals surface area contributed by atoms with Gasteiger partial charge >= 0.3 is 5.97 Å². The first kappa shape index (κ1) is 23.8. The molecule has 0 aromatic rings. The van der Waals surface area contributed by atoms with Crippen LogP contribution in [0.2, 0.25) is 0 Å². The number of aliphatic hydroxyl groups is 3. The minimum Gasteiger partial charge on any atom is -0.481 e. The standard InChI is InChI=1S/C28H44O5/c1-16-6-5-11-28(24(32)33)13-9-18-17(22(16)28)7-8-20-25(18,2)12-10-21-26(20,3)14-19(30)23(31)27(21,4)15-29/h7,16,18-23,29-31H,5-6,8-15H2,1-4H3,(H,32,33)/t16?,18?,19-,20?,21?,22?,23?,25?,26?,27+,28?/m1/s1. The van der Waals surface area contributed by atoms with E-state index >= 15 is 0 Å². The molecule has 9 unspecified atom stereocenters. The molecule has 0 radical (unpaired) electrons. The summed E-state index contributed by atoms with van der Waals surface area (Å²) in [7, 11) is 0. The molecule has 4 N–H and O–H groups in total. The lowest BCUT2D eigenvalue weighted by molar-refractivity contribution is -0.234. The van der Waals surface area contributed by atoms with Crippen molar-refractivity contribution in [2.24, 2.45) is 51.2 Å². The second-order valence-electron chi connectivity index (χ2n) is 13.4. The van der Waals surface area contributed by atoms with E-state index in [1.54, 1.807) is 0 Å². The maximum atomic E-state index is 12.6. The van der Waals surface area contributed by atoms with Crippen LogP contribution in [0.25, 0.3) is 0 Å². The van der Waals surface area contributed by atoms with Crippen molar-refractivity contribution in [2.45, 2.75) is 97.7 Å². The lowest BCUT2D eigenvalue weighted by atomic mass is 9.36. The Morgan fingerprint density at radius 2 is 1.76 bits per heavy atom. The Kier molecular flexibility index (Phi) is 5.44. The Hall–Kier alpha value is -0.910. The molecule has 11 atom stereocenters. The molecule has 0 amide bonds. The van der Waals surface area contributed by atoms with Gasteiger partial charge in [0.1, 0.15) is 0 Å². The van der Waals surface area contributed by atoms with Gasteiger partial charge in [0.2, 0.25) is 0 Å². The second-order valence-corrected chi connectivity index (χ2v) is 13.4. The van der Waals surface area contributed by atoms with Crippen molar-refractivity contribution in [1.82, 2.24) is 0 Å². The summed E-state index contributed by atoms with van der Waals surface area (Å²) in [6.45, 7) is 8.85. The number of carboxylic acids is 1. The van der Waals surface area contributed by atoms with Gasteiger partial charge in [-0.25, -0.2) is 0 Å². The number of allylic oxidation sites excluding steroid dienone is 2. The molecule has 4 fully saturated rings. The predicted octanol–water partition coefficient (Wildman–Crippen LogP) is 4.40. The number of carbonyl (C=O) groups is 1. The Labute approximate surface area is 198 Å². The van der Waals surface area contributed by atoms with Gasteiger partial charge in [0.15, 0.2) is 0 Å². The lowest BCUT2D eigenvalue weighted by Gasteiger charge is -2.68. The first-order chi connectivity index (χ1) is 15.5. The van der Waals surface area contributed by atoms with Crippen molar-refractivity contribution >= 4 is 5.97 Å². The Morgan fingerprint density at radius 1 is 1.03 bits per heavy atom. The summed E-state index contributed by atoms with van der Waals surface area (Å²) in [5.41, 5.74) is 0.0455. The molecule has 0 aliphatic heterocycles. The fraction of sp³-hybridized carbons (Fsp3) is 0.893. The SMILES string of the molecule is CC1CCCC2(C(=O)O)CCC3C(=CCC4C3(C)CCC3C4(C)C[C@@H](O)C(O)[C@@]3(C)CO)C12. The van der Waals surface area contributed by atoms with Gasteiger partial charge in [-0.2, -0.15) is 0 Å². The number of hydrogen-bond donors (Lipinski definition) is 4.